The average Bonchev–Trinajstić information content (AvgIpc) is 2.64. The van der Waals surface area contributed by atoms with Crippen molar-refractivity contribution in [3.8, 4) is 0 Å². The van der Waals surface area contributed by atoms with Gasteiger partial charge in [0.05, 0.1) is 0 Å². The fraction of sp³-hybridized carbons (Fsp3) is 0.615. The SMILES string of the molecule is CC(C)(C)c1cnccc1N1CCC(N)C1. The smallest absolute Gasteiger partial charge is 0.0435 e. The first-order chi connectivity index (χ1) is 7.48. The molecule has 0 amide bonds. The fourth-order valence-electron chi connectivity index (χ4n) is 2.25. The molecule has 0 aromatic carbocycles. The van der Waals surface area contributed by atoms with Crippen molar-refractivity contribution in [2.24, 2.45) is 5.73 Å². The van der Waals surface area contributed by atoms with E-state index in [0.717, 1.165) is 19.5 Å². The number of pyridine rings is 1. The van der Waals surface area contributed by atoms with E-state index in [1.165, 1.54) is 11.3 Å². The predicted octanol–water partition coefficient (Wildman–Crippen LogP) is 1.92. The average molecular weight is 219 g/mol. The van der Waals surface area contributed by atoms with Crippen molar-refractivity contribution >= 4 is 5.69 Å². The fourth-order valence-corrected chi connectivity index (χ4v) is 2.25. The number of anilines is 1. The molecule has 3 heteroatoms. The van der Waals surface area contributed by atoms with Crippen LogP contribution in [-0.2, 0) is 5.41 Å². The normalized spacial score (nSPS) is 21.5. The van der Waals surface area contributed by atoms with Gasteiger partial charge >= 0.3 is 0 Å². The van der Waals surface area contributed by atoms with Gasteiger partial charge in [-0.05, 0) is 23.5 Å². The van der Waals surface area contributed by atoms with E-state index < -0.39 is 0 Å². The molecule has 0 radical (unpaired) electrons. The molecule has 1 aliphatic rings. The summed E-state index contributed by atoms with van der Waals surface area (Å²) in [5.74, 6) is 0. The quantitative estimate of drug-likeness (QED) is 0.784. The van der Waals surface area contributed by atoms with Gasteiger partial charge in [-0.3, -0.25) is 4.98 Å². The largest absolute Gasteiger partial charge is 0.370 e. The van der Waals surface area contributed by atoms with E-state index in [9.17, 15) is 0 Å². The Bertz CT molecular complexity index is 368. The first kappa shape index (κ1) is 11.4. The highest BCUT2D eigenvalue weighted by molar-refractivity contribution is 5.55. The van der Waals surface area contributed by atoms with E-state index in [0.29, 0.717) is 6.04 Å². The Morgan fingerprint density at radius 1 is 1.44 bits per heavy atom. The van der Waals surface area contributed by atoms with E-state index in [1.807, 2.05) is 12.4 Å². The van der Waals surface area contributed by atoms with Gasteiger partial charge in [0.2, 0.25) is 0 Å². The number of hydrogen-bond acceptors (Lipinski definition) is 3. The third kappa shape index (κ3) is 2.19. The van der Waals surface area contributed by atoms with Crippen molar-refractivity contribution in [1.29, 1.82) is 0 Å². The van der Waals surface area contributed by atoms with Gasteiger partial charge in [0.15, 0.2) is 0 Å². The van der Waals surface area contributed by atoms with Crippen LogP contribution in [0.25, 0.3) is 0 Å². The van der Waals surface area contributed by atoms with Crippen LogP contribution < -0.4 is 10.6 Å². The number of nitrogens with zero attached hydrogens (tertiary/aromatic N) is 2. The van der Waals surface area contributed by atoms with Crippen LogP contribution in [0.15, 0.2) is 18.5 Å². The maximum Gasteiger partial charge on any atom is 0.0435 e. The van der Waals surface area contributed by atoms with Crippen LogP contribution in [0.5, 0.6) is 0 Å². The summed E-state index contributed by atoms with van der Waals surface area (Å²) >= 11 is 0. The second kappa shape index (κ2) is 4.06. The van der Waals surface area contributed by atoms with Crippen molar-refractivity contribution in [3.63, 3.8) is 0 Å². The summed E-state index contributed by atoms with van der Waals surface area (Å²) < 4.78 is 0. The van der Waals surface area contributed by atoms with Gasteiger partial charge in [0, 0.05) is 37.2 Å². The minimum absolute atomic E-state index is 0.135. The molecule has 16 heavy (non-hydrogen) atoms. The molecule has 0 bridgehead atoms. The summed E-state index contributed by atoms with van der Waals surface area (Å²) in [7, 11) is 0. The number of rotatable bonds is 1. The minimum atomic E-state index is 0.135. The summed E-state index contributed by atoms with van der Waals surface area (Å²) in [6.45, 7) is 8.71. The Labute approximate surface area is 97.7 Å². The third-order valence-electron chi connectivity index (χ3n) is 3.17. The van der Waals surface area contributed by atoms with Gasteiger partial charge in [0.25, 0.3) is 0 Å². The molecular formula is C13H21N3. The summed E-state index contributed by atoms with van der Waals surface area (Å²) in [5.41, 5.74) is 8.71. The third-order valence-corrected chi connectivity index (χ3v) is 3.17. The lowest BCUT2D eigenvalue weighted by Gasteiger charge is -2.28. The zero-order chi connectivity index (χ0) is 11.8. The topological polar surface area (TPSA) is 42.2 Å². The van der Waals surface area contributed by atoms with Crippen molar-refractivity contribution in [2.45, 2.75) is 38.6 Å². The second-order valence-corrected chi connectivity index (χ2v) is 5.64. The van der Waals surface area contributed by atoms with Crippen molar-refractivity contribution < 1.29 is 0 Å². The number of aromatic nitrogens is 1. The lowest BCUT2D eigenvalue weighted by atomic mass is 9.87. The Morgan fingerprint density at radius 3 is 2.75 bits per heavy atom. The Kier molecular flexibility index (Phi) is 2.89. The molecule has 1 aliphatic heterocycles. The molecule has 0 aliphatic carbocycles. The highest BCUT2D eigenvalue weighted by Crippen LogP contribution is 2.32. The molecule has 3 nitrogen and oxygen atoms in total. The van der Waals surface area contributed by atoms with E-state index in [1.54, 1.807) is 0 Å². The van der Waals surface area contributed by atoms with E-state index in [-0.39, 0.29) is 5.41 Å². The molecule has 1 fully saturated rings. The Hall–Kier alpha value is -1.09. The van der Waals surface area contributed by atoms with Crippen molar-refractivity contribution in [2.75, 3.05) is 18.0 Å². The molecule has 1 unspecified atom stereocenters. The monoisotopic (exact) mass is 219 g/mol. The van der Waals surface area contributed by atoms with Gasteiger partial charge in [0.1, 0.15) is 0 Å². The summed E-state index contributed by atoms with van der Waals surface area (Å²) in [5, 5.41) is 0. The van der Waals surface area contributed by atoms with Gasteiger partial charge in [-0.25, -0.2) is 0 Å². The Morgan fingerprint density at radius 2 is 2.19 bits per heavy atom. The highest BCUT2D eigenvalue weighted by Gasteiger charge is 2.25. The van der Waals surface area contributed by atoms with Crippen LogP contribution in [0.3, 0.4) is 0 Å². The van der Waals surface area contributed by atoms with Crippen LogP contribution in [0.2, 0.25) is 0 Å². The Balaban J connectivity index is 2.34. The van der Waals surface area contributed by atoms with Crippen LogP contribution in [-0.4, -0.2) is 24.1 Å². The van der Waals surface area contributed by atoms with Crippen LogP contribution in [0.1, 0.15) is 32.8 Å². The van der Waals surface area contributed by atoms with Gasteiger partial charge < -0.3 is 10.6 Å². The minimum Gasteiger partial charge on any atom is -0.370 e. The van der Waals surface area contributed by atoms with Crippen LogP contribution in [0, 0.1) is 0 Å². The van der Waals surface area contributed by atoms with E-state index in [4.69, 9.17) is 5.73 Å². The molecule has 1 aromatic heterocycles. The van der Waals surface area contributed by atoms with Gasteiger partial charge in [-0.1, -0.05) is 20.8 Å². The first-order valence-electron chi connectivity index (χ1n) is 5.93. The molecule has 1 aromatic rings. The molecular weight excluding hydrogens is 198 g/mol. The second-order valence-electron chi connectivity index (χ2n) is 5.64. The number of nitrogens with two attached hydrogens (primary N) is 1. The maximum atomic E-state index is 5.96. The molecule has 1 saturated heterocycles. The van der Waals surface area contributed by atoms with Crippen LogP contribution >= 0.6 is 0 Å². The zero-order valence-electron chi connectivity index (χ0n) is 10.4. The predicted molar refractivity (Wildman–Crippen MR) is 67.7 cm³/mol. The molecule has 88 valence electrons. The number of hydrogen-bond donors (Lipinski definition) is 1. The summed E-state index contributed by atoms with van der Waals surface area (Å²) in [6, 6.07) is 2.43. The maximum absolute atomic E-state index is 5.96. The molecule has 2 rings (SSSR count). The van der Waals surface area contributed by atoms with Crippen molar-refractivity contribution in [3.05, 3.63) is 24.0 Å². The lowest BCUT2D eigenvalue weighted by molar-refractivity contribution is 0.585. The van der Waals surface area contributed by atoms with Gasteiger partial charge in [-0.2, -0.15) is 0 Å². The van der Waals surface area contributed by atoms with Crippen molar-refractivity contribution in [1.82, 2.24) is 4.98 Å². The molecule has 2 N–H and O–H groups in total. The zero-order valence-corrected chi connectivity index (χ0v) is 10.4. The molecule has 0 spiro atoms. The van der Waals surface area contributed by atoms with E-state index in [2.05, 4.69) is 36.7 Å². The van der Waals surface area contributed by atoms with E-state index >= 15 is 0 Å². The van der Waals surface area contributed by atoms with Gasteiger partial charge in [-0.15, -0.1) is 0 Å². The lowest BCUT2D eigenvalue weighted by Crippen LogP contribution is -2.28. The summed E-state index contributed by atoms with van der Waals surface area (Å²) in [4.78, 5) is 6.63. The summed E-state index contributed by atoms with van der Waals surface area (Å²) in [6.07, 6.45) is 4.94. The standard InChI is InChI=1S/C13H21N3/c1-13(2,3)11-8-15-6-4-12(11)16-7-5-10(14)9-16/h4,6,8,10H,5,7,9,14H2,1-3H3. The molecule has 2 heterocycles. The first-order valence-corrected chi connectivity index (χ1v) is 5.93. The van der Waals surface area contributed by atoms with Crippen LogP contribution in [0.4, 0.5) is 5.69 Å². The molecule has 0 saturated carbocycles. The molecule has 1 atom stereocenters. The highest BCUT2D eigenvalue weighted by atomic mass is 15.2.